The second-order valence-electron chi connectivity index (χ2n) is 3.10. The summed E-state index contributed by atoms with van der Waals surface area (Å²) in [6.45, 7) is 0.310. The first-order valence-electron chi connectivity index (χ1n) is 4.51. The second kappa shape index (κ2) is 5.44. The quantitative estimate of drug-likeness (QED) is 0.885. The van der Waals surface area contributed by atoms with Crippen molar-refractivity contribution in [2.75, 3.05) is 13.7 Å². The van der Waals surface area contributed by atoms with Gasteiger partial charge in [0.2, 0.25) is 0 Å². The molecule has 0 saturated heterocycles. The van der Waals surface area contributed by atoms with Crippen molar-refractivity contribution in [2.24, 2.45) is 5.73 Å². The molecule has 0 fully saturated rings. The van der Waals surface area contributed by atoms with Crippen LogP contribution in [0.15, 0.2) is 16.6 Å². The summed E-state index contributed by atoms with van der Waals surface area (Å²) in [5, 5.41) is 9.61. The zero-order valence-corrected chi connectivity index (χ0v) is 9.92. The predicted molar refractivity (Wildman–Crippen MR) is 59.3 cm³/mol. The van der Waals surface area contributed by atoms with Crippen molar-refractivity contribution in [1.82, 2.24) is 0 Å². The lowest BCUT2D eigenvalue weighted by molar-refractivity contribution is 0.165. The Morgan fingerprint density at radius 3 is 2.80 bits per heavy atom. The molecule has 1 rings (SSSR count). The Kier molecular flexibility index (Phi) is 4.50. The summed E-state index contributed by atoms with van der Waals surface area (Å²) in [6.07, 6.45) is -0.549. The summed E-state index contributed by atoms with van der Waals surface area (Å²) >= 11 is 3.23. The minimum atomic E-state index is -0.878. The van der Waals surface area contributed by atoms with E-state index in [1.165, 1.54) is 19.2 Å². The van der Waals surface area contributed by atoms with Crippen LogP contribution in [0.5, 0.6) is 5.75 Å². The molecule has 3 N–H and O–H groups in total. The van der Waals surface area contributed by atoms with Gasteiger partial charge in [0.25, 0.3) is 0 Å². The summed E-state index contributed by atoms with van der Waals surface area (Å²) in [4.78, 5) is 0. The van der Waals surface area contributed by atoms with Crippen LogP contribution in [-0.4, -0.2) is 18.8 Å². The number of rotatable bonds is 4. The number of nitrogens with two attached hydrogens (primary N) is 1. The lowest BCUT2D eigenvalue weighted by Crippen LogP contribution is -2.08. The molecule has 0 spiro atoms. The van der Waals surface area contributed by atoms with Crippen LogP contribution >= 0.6 is 15.9 Å². The summed E-state index contributed by atoms with van der Waals surface area (Å²) in [5.41, 5.74) is 5.52. The molecule has 15 heavy (non-hydrogen) atoms. The van der Waals surface area contributed by atoms with Crippen LogP contribution in [0, 0.1) is 5.82 Å². The molecular formula is C10H13BrFNO2. The SMILES string of the molecule is COc1cc(F)c(C(O)CCN)cc1Br. The molecule has 0 amide bonds. The highest BCUT2D eigenvalue weighted by atomic mass is 79.9. The van der Waals surface area contributed by atoms with E-state index in [1.54, 1.807) is 0 Å². The van der Waals surface area contributed by atoms with Gasteiger partial charge in [-0.2, -0.15) is 0 Å². The number of hydrogen-bond acceptors (Lipinski definition) is 3. The average molecular weight is 278 g/mol. The van der Waals surface area contributed by atoms with Crippen molar-refractivity contribution in [3.63, 3.8) is 0 Å². The molecule has 1 unspecified atom stereocenters. The molecule has 0 aliphatic heterocycles. The first kappa shape index (κ1) is 12.4. The molecule has 0 radical (unpaired) electrons. The highest BCUT2D eigenvalue weighted by Gasteiger charge is 2.15. The van der Waals surface area contributed by atoms with Crippen LogP contribution in [0.4, 0.5) is 4.39 Å². The van der Waals surface area contributed by atoms with E-state index in [0.29, 0.717) is 23.2 Å². The Labute approximate surface area is 96.2 Å². The third-order valence-electron chi connectivity index (χ3n) is 2.07. The second-order valence-corrected chi connectivity index (χ2v) is 3.96. The van der Waals surface area contributed by atoms with E-state index >= 15 is 0 Å². The van der Waals surface area contributed by atoms with Gasteiger partial charge in [0.05, 0.1) is 17.7 Å². The number of aliphatic hydroxyl groups excluding tert-OH is 1. The predicted octanol–water partition coefficient (Wildman–Crippen LogP) is 1.98. The van der Waals surface area contributed by atoms with Gasteiger partial charge >= 0.3 is 0 Å². The maximum atomic E-state index is 13.5. The molecule has 0 aromatic heterocycles. The fraction of sp³-hybridized carbons (Fsp3) is 0.400. The third kappa shape index (κ3) is 2.90. The van der Waals surface area contributed by atoms with Crippen molar-refractivity contribution in [3.05, 3.63) is 28.0 Å². The molecule has 3 nitrogen and oxygen atoms in total. The first-order valence-corrected chi connectivity index (χ1v) is 5.30. The average Bonchev–Trinajstić information content (AvgIpc) is 2.21. The number of halogens is 2. The van der Waals surface area contributed by atoms with Crippen LogP contribution in [0.2, 0.25) is 0 Å². The van der Waals surface area contributed by atoms with E-state index in [1.807, 2.05) is 0 Å². The summed E-state index contributed by atoms with van der Waals surface area (Å²) < 4.78 is 19.0. The van der Waals surface area contributed by atoms with Gasteiger partial charge < -0.3 is 15.6 Å². The molecule has 0 bridgehead atoms. The largest absolute Gasteiger partial charge is 0.495 e. The summed E-state index contributed by atoms with van der Waals surface area (Å²) in [7, 11) is 1.45. The van der Waals surface area contributed by atoms with E-state index in [4.69, 9.17) is 10.5 Å². The van der Waals surface area contributed by atoms with Gasteiger partial charge in [-0.1, -0.05) is 0 Å². The van der Waals surface area contributed by atoms with Crippen LogP contribution in [-0.2, 0) is 0 Å². The highest BCUT2D eigenvalue weighted by molar-refractivity contribution is 9.10. The van der Waals surface area contributed by atoms with E-state index in [0.717, 1.165) is 0 Å². The maximum Gasteiger partial charge on any atom is 0.135 e. The van der Waals surface area contributed by atoms with E-state index in [2.05, 4.69) is 15.9 Å². The minimum Gasteiger partial charge on any atom is -0.495 e. The van der Waals surface area contributed by atoms with Gasteiger partial charge in [0.1, 0.15) is 11.6 Å². The molecule has 5 heteroatoms. The Morgan fingerprint density at radius 1 is 1.60 bits per heavy atom. The molecule has 1 aromatic rings. The van der Waals surface area contributed by atoms with Crippen molar-refractivity contribution in [1.29, 1.82) is 0 Å². The van der Waals surface area contributed by atoms with Crippen LogP contribution in [0.1, 0.15) is 18.1 Å². The summed E-state index contributed by atoms with van der Waals surface area (Å²) in [5.74, 6) is -0.0906. The lowest BCUT2D eigenvalue weighted by Gasteiger charge is -2.13. The van der Waals surface area contributed by atoms with Crippen LogP contribution in [0.25, 0.3) is 0 Å². The van der Waals surface area contributed by atoms with E-state index < -0.39 is 11.9 Å². The molecule has 0 aliphatic rings. The van der Waals surface area contributed by atoms with Crippen molar-refractivity contribution in [2.45, 2.75) is 12.5 Å². The monoisotopic (exact) mass is 277 g/mol. The molecule has 0 heterocycles. The van der Waals surface area contributed by atoms with Gasteiger partial charge in [0, 0.05) is 11.6 Å². The third-order valence-corrected chi connectivity index (χ3v) is 2.69. The Hall–Kier alpha value is -0.650. The molecule has 1 aromatic carbocycles. The van der Waals surface area contributed by atoms with Crippen molar-refractivity contribution >= 4 is 15.9 Å². The smallest absolute Gasteiger partial charge is 0.135 e. The Bertz CT molecular complexity index is 346. The Morgan fingerprint density at radius 2 is 2.27 bits per heavy atom. The van der Waals surface area contributed by atoms with Crippen molar-refractivity contribution < 1.29 is 14.2 Å². The molecule has 0 saturated carbocycles. The van der Waals surface area contributed by atoms with E-state index in [9.17, 15) is 9.50 Å². The number of hydrogen-bond donors (Lipinski definition) is 2. The number of benzene rings is 1. The number of aliphatic hydroxyl groups is 1. The van der Waals surface area contributed by atoms with Crippen LogP contribution in [0.3, 0.4) is 0 Å². The topological polar surface area (TPSA) is 55.5 Å². The lowest BCUT2D eigenvalue weighted by atomic mass is 10.1. The standard InChI is InChI=1S/C10H13BrFNO2/c1-15-10-5-8(12)6(4-7(10)11)9(14)2-3-13/h4-5,9,14H,2-3,13H2,1H3. The zero-order valence-electron chi connectivity index (χ0n) is 8.34. The normalized spacial score (nSPS) is 12.6. The van der Waals surface area contributed by atoms with Gasteiger partial charge in [0.15, 0.2) is 0 Å². The fourth-order valence-corrected chi connectivity index (χ4v) is 1.79. The van der Waals surface area contributed by atoms with Gasteiger partial charge in [-0.15, -0.1) is 0 Å². The molecule has 84 valence electrons. The fourth-order valence-electron chi connectivity index (χ4n) is 1.27. The molecule has 1 atom stereocenters. The minimum absolute atomic E-state index is 0.230. The Balaban J connectivity index is 3.04. The number of methoxy groups -OCH3 is 1. The summed E-state index contributed by atoms with van der Waals surface area (Å²) in [6, 6.07) is 2.74. The molecule has 0 aliphatic carbocycles. The van der Waals surface area contributed by atoms with Gasteiger partial charge in [-0.3, -0.25) is 0 Å². The van der Waals surface area contributed by atoms with E-state index in [-0.39, 0.29) is 5.56 Å². The number of ether oxygens (including phenoxy) is 1. The van der Waals surface area contributed by atoms with Crippen LogP contribution < -0.4 is 10.5 Å². The first-order chi connectivity index (χ1) is 7.10. The highest BCUT2D eigenvalue weighted by Crippen LogP contribution is 2.31. The van der Waals surface area contributed by atoms with Gasteiger partial charge in [-0.05, 0) is 35.0 Å². The van der Waals surface area contributed by atoms with Gasteiger partial charge in [-0.25, -0.2) is 4.39 Å². The zero-order chi connectivity index (χ0) is 11.4. The maximum absolute atomic E-state index is 13.5. The molecular weight excluding hydrogens is 265 g/mol. The van der Waals surface area contributed by atoms with Crippen molar-refractivity contribution in [3.8, 4) is 5.75 Å².